The predicted octanol–water partition coefficient (Wildman–Crippen LogP) is 3.81. The molecule has 1 heterocycles. The van der Waals surface area contributed by atoms with Gasteiger partial charge in [-0.15, -0.1) is 0 Å². The van der Waals surface area contributed by atoms with Crippen LogP contribution in [0.5, 0.6) is 0 Å². The number of aryl methyl sites for hydroxylation is 1. The molecule has 35 heavy (non-hydrogen) atoms. The van der Waals surface area contributed by atoms with Crippen molar-refractivity contribution in [1.29, 1.82) is 0 Å². The van der Waals surface area contributed by atoms with Crippen LogP contribution in [0, 0.1) is 18.6 Å². The number of hydrogen-bond acceptors (Lipinski definition) is 4. The number of hydrogen-bond donors (Lipinski definition) is 0. The lowest BCUT2D eigenvalue weighted by Crippen LogP contribution is -2.52. The van der Waals surface area contributed by atoms with Crippen molar-refractivity contribution < 1.29 is 22.0 Å². The molecule has 1 amide bonds. The Kier molecular flexibility index (Phi) is 7.47. The van der Waals surface area contributed by atoms with Crippen LogP contribution in [0.15, 0.2) is 77.7 Å². The highest BCUT2D eigenvalue weighted by Crippen LogP contribution is 2.22. The molecule has 1 saturated heterocycles. The number of sulfonamides is 1. The topological polar surface area (TPSA) is 60.9 Å². The maximum Gasteiger partial charge on any atom is 0.243 e. The van der Waals surface area contributed by atoms with E-state index in [0.717, 1.165) is 9.87 Å². The molecule has 0 bridgehead atoms. The van der Waals surface area contributed by atoms with Crippen LogP contribution in [0.1, 0.15) is 11.1 Å². The van der Waals surface area contributed by atoms with Crippen molar-refractivity contribution in [3.8, 4) is 0 Å². The average Bonchev–Trinajstić information content (AvgIpc) is 2.85. The number of halogens is 2. The molecule has 3 aromatic rings. The molecule has 0 spiro atoms. The molecular weight excluding hydrogens is 472 g/mol. The fourth-order valence-corrected chi connectivity index (χ4v) is 5.43. The van der Waals surface area contributed by atoms with Crippen molar-refractivity contribution in [2.24, 2.45) is 0 Å². The Hall–Kier alpha value is -3.30. The highest BCUT2D eigenvalue weighted by atomic mass is 32.2. The fraction of sp³-hybridized carbons (Fsp3) is 0.269. The predicted molar refractivity (Wildman–Crippen MR) is 130 cm³/mol. The molecule has 1 aliphatic heterocycles. The maximum atomic E-state index is 14.4. The first-order valence-corrected chi connectivity index (χ1v) is 12.8. The van der Waals surface area contributed by atoms with Gasteiger partial charge in [0, 0.05) is 38.3 Å². The number of anilines is 1. The van der Waals surface area contributed by atoms with E-state index in [1.807, 2.05) is 11.8 Å². The van der Waals surface area contributed by atoms with Crippen LogP contribution in [0.2, 0.25) is 0 Å². The van der Waals surface area contributed by atoms with Gasteiger partial charge >= 0.3 is 0 Å². The largest absolute Gasteiger partial charge is 0.366 e. The summed E-state index contributed by atoms with van der Waals surface area (Å²) in [6.07, 6.45) is 0. The Bertz CT molecular complexity index is 1290. The van der Waals surface area contributed by atoms with Gasteiger partial charge in [0.1, 0.15) is 11.6 Å². The van der Waals surface area contributed by atoms with Crippen molar-refractivity contribution in [2.75, 3.05) is 37.6 Å². The highest BCUT2D eigenvalue weighted by molar-refractivity contribution is 7.89. The Labute approximate surface area is 204 Å². The zero-order chi connectivity index (χ0) is 25.0. The van der Waals surface area contributed by atoms with Gasteiger partial charge in [0.05, 0.1) is 17.1 Å². The van der Waals surface area contributed by atoms with Crippen molar-refractivity contribution in [3.63, 3.8) is 0 Å². The summed E-state index contributed by atoms with van der Waals surface area (Å²) in [5.41, 5.74) is 1.55. The first kappa shape index (κ1) is 24.8. The molecule has 184 valence electrons. The molecule has 0 aliphatic carbocycles. The van der Waals surface area contributed by atoms with Crippen LogP contribution in [-0.2, 0) is 21.4 Å². The van der Waals surface area contributed by atoms with Crippen LogP contribution in [0.3, 0.4) is 0 Å². The van der Waals surface area contributed by atoms with E-state index in [4.69, 9.17) is 0 Å². The Morgan fingerprint density at radius 2 is 1.46 bits per heavy atom. The van der Waals surface area contributed by atoms with E-state index in [2.05, 4.69) is 0 Å². The van der Waals surface area contributed by atoms with Gasteiger partial charge in [-0.25, -0.2) is 17.2 Å². The van der Waals surface area contributed by atoms with E-state index < -0.39 is 22.4 Å². The van der Waals surface area contributed by atoms with Crippen LogP contribution >= 0.6 is 0 Å². The zero-order valence-corrected chi connectivity index (χ0v) is 20.2. The molecule has 0 atom stereocenters. The minimum Gasteiger partial charge on any atom is -0.366 e. The summed E-state index contributed by atoms with van der Waals surface area (Å²) >= 11 is 0. The third-order valence-electron chi connectivity index (χ3n) is 6.10. The Morgan fingerprint density at radius 1 is 0.857 bits per heavy atom. The van der Waals surface area contributed by atoms with Crippen molar-refractivity contribution in [1.82, 2.24) is 9.21 Å². The number of rotatable bonds is 7. The lowest BCUT2D eigenvalue weighted by molar-refractivity contribution is -0.131. The number of amides is 1. The van der Waals surface area contributed by atoms with Crippen LogP contribution in [-0.4, -0.2) is 56.3 Å². The monoisotopic (exact) mass is 499 g/mol. The van der Waals surface area contributed by atoms with Gasteiger partial charge in [0.25, 0.3) is 0 Å². The molecule has 6 nitrogen and oxygen atoms in total. The Balaban J connectivity index is 1.52. The number of carbonyl (C=O) groups is 1. The minimum absolute atomic E-state index is 0.0385. The summed E-state index contributed by atoms with van der Waals surface area (Å²) < 4.78 is 56.4. The van der Waals surface area contributed by atoms with Gasteiger partial charge in [-0.1, -0.05) is 48.0 Å². The van der Waals surface area contributed by atoms with Crippen LogP contribution in [0.25, 0.3) is 0 Å². The van der Waals surface area contributed by atoms with E-state index in [1.54, 1.807) is 41.3 Å². The van der Waals surface area contributed by atoms with Gasteiger partial charge < -0.3 is 9.80 Å². The number of piperazine rings is 1. The molecule has 0 aromatic heterocycles. The normalized spacial score (nSPS) is 14.4. The SMILES string of the molecule is Cc1ccc(S(=O)(=O)N(CC(=O)N2CCN(c3ccccc3F)CC2)Cc2ccccc2F)cc1. The average molecular weight is 500 g/mol. The van der Waals surface area contributed by atoms with Crippen molar-refractivity contribution in [3.05, 3.63) is 95.6 Å². The second-order valence-corrected chi connectivity index (χ2v) is 10.4. The lowest BCUT2D eigenvalue weighted by atomic mass is 10.2. The first-order valence-electron chi connectivity index (χ1n) is 11.3. The summed E-state index contributed by atoms with van der Waals surface area (Å²) in [7, 11) is -4.07. The van der Waals surface area contributed by atoms with Gasteiger partial charge in [-0.05, 0) is 37.3 Å². The standard InChI is InChI=1S/C26H27F2N3O3S/c1-20-10-12-22(13-11-20)35(33,34)31(18-21-6-2-3-7-23(21)27)19-26(32)30-16-14-29(15-17-30)25-9-5-4-8-24(25)28/h2-13H,14-19H2,1H3. The maximum absolute atomic E-state index is 14.4. The molecule has 0 saturated carbocycles. The molecule has 1 aliphatic rings. The molecule has 9 heteroatoms. The summed E-state index contributed by atoms with van der Waals surface area (Å²) in [6, 6.07) is 18.7. The fourth-order valence-electron chi connectivity index (χ4n) is 4.06. The smallest absolute Gasteiger partial charge is 0.243 e. The molecule has 0 N–H and O–H groups in total. The van der Waals surface area contributed by atoms with Gasteiger partial charge in [-0.3, -0.25) is 4.79 Å². The first-order chi connectivity index (χ1) is 16.8. The molecule has 0 radical (unpaired) electrons. The molecule has 3 aromatic carbocycles. The summed E-state index contributed by atoms with van der Waals surface area (Å²) in [5, 5.41) is 0. The van der Waals surface area contributed by atoms with Crippen LogP contribution < -0.4 is 4.90 Å². The molecule has 0 unspecified atom stereocenters. The molecule has 4 rings (SSSR count). The van der Waals surface area contributed by atoms with E-state index >= 15 is 0 Å². The number of nitrogens with zero attached hydrogens (tertiary/aromatic N) is 3. The lowest BCUT2D eigenvalue weighted by Gasteiger charge is -2.37. The number of carbonyl (C=O) groups excluding carboxylic acids is 1. The molecular formula is C26H27F2N3O3S. The van der Waals surface area contributed by atoms with Crippen molar-refractivity contribution >= 4 is 21.6 Å². The second kappa shape index (κ2) is 10.5. The van der Waals surface area contributed by atoms with E-state index in [9.17, 15) is 22.0 Å². The quantitative estimate of drug-likeness (QED) is 0.496. The summed E-state index contributed by atoms with van der Waals surface area (Å²) in [4.78, 5) is 16.6. The van der Waals surface area contributed by atoms with Gasteiger partial charge in [0.15, 0.2) is 0 Å². The third-order valence-corrected chi connectivity index (χ3v) is 7.91. The van der Waals surface area contributed by atoms with Gasteiger partial charge in [0.2, 0.25) is 15.9 Å². The zero-order valence-electron chi connectivity index (χ0n) is 19.4. The number of para-hydroxylation sites is 1. The van der Waals surface area contributed by atoms with Crippen molar-refractivity contribution in [2.45, 2.75) is 18.4 Å². The van der Waals surface area contributed by atoms with E-state index in [-0.39, 0.29) is 28.7 Å². The summed E-state index contributed by atoms with van der Waals surface area (Å²) in [5.74, 6) is -1.25. The minimum atomic E-state index is -4.07. The number of benzene rings is 3. The molecule has 1 fully saturated rings. The third kappa shape index (κ3) is 5.68. The van der Waals surface area contributed by atoms with E-state index in [1.165, 1.54) is 36.4 Å². The highest BCUT2D eigenvalue weighted by Gasteiger charge is 2.31. The van der Waals surface area contributed by atoms with E-state index in [0.29, 0.717) is 31.9 Å². The Morgan fingerprint density at radius 3 is 2.09 bits per heavy atom. The summed E-state index contributed by atoms with van der Waals surface area (Å²) in [6.45, 7) is 2.64. The van der Waals surface area contributed by atoms with Crippen LogP contribution in [0.4, 0.5) is 14.5 Å². The second-order valence-electron chi connectivity index (χ2n) is 8.50. The van der Waals surface area contributed by atoms with Gasteiger partial charge in [-0.2, -0.15) is 4.31 Å².